The van der Waals surface area contributed by atoms with Crippen molar-refractivity contribution in [2.45, 2.75) is 77.2 Å². The van der Waals surface area contributed by atoms with Gasteiger partial charge < -0.3 is 10.0 Å². The number of carbonyl (C=O) groups is 1. The molecule has 0 aromatic heterocycles. The summed E-state index contributed by atoms with van der Waals surface area (Å²) in [6.07, 6.45) is 8.58. The topological polar surface area (TPSA) is 40.5 Å². The molecular formula is C30H39NO2. The van der Waals surface area contributed by atoms with Gasteiger partial charge in [0.05, 0.1) is 0 Å². The van der Waals surface area contributed by atoms with Crippen LogP contribution in [0.25, 0.3) is 0 Å². The second-order valence-corrected chi connectivity index (χ2v) is 11.9. The van der Waals surface area contributed by atoms with Crippen molar-refractivity contribution in [2.24, 2.45) is 28.6 Å². The normalized spacial score (nSPS) is 41.8. The lowest BCUT2D eigenvalue weighted by Gasteiger charge is -2.61. The minimum Gasteiger partial charge on any atom is -0.378 e. The summed E-state index contributed by atoms with van der Waals surface area (Å²) in [4.78, 5) is 14.5. The Hall–Kier alpha value is -2.05. The number of hydrogen-bond acceptors (Lipinski definition) is 3. The molecule has 3 heteroatoms. The summed E-state index contributed by atoms with van der Waals surface area (Å²) < 4.78 is 0. The molecule has 1 aromatic carbocycles. The van der Waals surface area contributed by atoms with Crippen molar-refractivity contribution in [3.05, 3.63) is 41.5 Å². The van der Waals surface area contributed by atoms with Gasteiger partial charge in [-0.05, 0) is 98.3 Å². The van der Waals surface area contributed by atoms with Gasteiger partial charge in [0.1, 0.15) is 5.60 Å². The van der Waals surface area contributed by atoms with Gasteiger partial charge in [-0.25, -0.2) is 0 Å². The molecule has 0 saturated heterocycles. The van der Waals surface area contributed by atoms with Gasteiger partial charge in [-0.2, -0.15) is 0 Å². The van der Waals surface area contributed by atoms with Crippen molar-refractivity contribution in [3.8, 4) is 11.8 Å². The molecule has 3 saturated carbocycles. The van der Waals surface area contributed by atoms with Gasteiger partial charge in [-0.3, -0.25) is 4.79 Å². The molecule has 33 heavy (non-hydrogen) atoms. The predicted octanol–water partition coefficient (Wildman–Crippen LogP) is 5.73. The molecule has 176 valence electrons. The quantitative estimate of drug-likeness (QED) is 0.591. The van der Waals surface area contributed by atoms with E-state index < -0.39 is 5.60 Å². The summed E-state index contributed by atoms with van der Waals surface area (Å²) in [6, 6.07) is 9.10. The molecule has 3 fully saturated rings. The van der Waals surface area contributed by atoms with Gasteiger partial charge in [0.15, 0.2) is 5.78 Å². The molecule has 5 rings (SSSR count). The minimum absolute atomic E-state index is 0.0696. The highest BCUT2D eigenvalue weighted by atomic mass is 16.3. The van der Waals surface area contributed by atoms with Gasteiger partial charge in [-0.15, -0.1) is 5.92 Å². The Kier molecular flexibility index (Phi) is 5.33. The van der Waals surface area contributed by atoms with Crippen LogP contribution in [0.4, 0.5) is 5.69 Å². The van der Waals surface area contributed by atoms with E-state index in [2.05, 4.69) is 68.9 Å². The zero-order valence-electron chi connectivity index (χ0n) is 20.9. The summed E-state index contributed by atoms with van der Waals surface area (Å²) >= 11 is 0. The van der Waals surface area contributed by atoms with Gasteiger partial charge in [-0.1, -0.05) is 37.5 Å². The monoisotopic (exact) mass is 445 g/mol. The number of fused-ring (bicyclic) bond motifs is 5. The number of benzene rings is 1. The maximum Gasteiger partial charge on any atom is 0.155 e. The molecule has 2 unspecified atom stereocenters. The highest BCUT2D eigenvalue weighted by Gasteiger charge is 2.66. The second kappa shape index (κ2) is 7.74. The first-order chi connectivity index (χ1) is 15.6. The van der Waals surface area contributed by atoms with Gasteiger partial charge in [0.2, 0.25) is 0 Å². The fourth-order valence-corrected chi connectivity index (χ4v) is 8.50. The molecule has 0 aliphatic heterocycles. The first-order valence-corrected chi connectivity index (χ1v) is 12.8. The maximum absolute atomic E-state index is 12.3. The number of ketones is 1. The first-order valence-electron chi connectivity index (χ1n) is 12.8. The Bertz CT molecular complexity index is 1040. The fraction of sp³-hybridized carbons (Fsp3) is 0.633. The van der Waals surface area contributed by atoms with Crippen LogP contribution in [-0.2, 0) is 4.79 Å². The molecule has 0 radical (unpaired) electrons. The Morgan fingerprint density at radius 2 is 1.79 bits per heavy atom. The van der Waals surface area contributed by atoms with E-state index in [4.69, 9.17) is 0 Å². The Morgan fingerprint density at radius 1 is 1.06 bits per heavy atom. The molecule has 3 nitrogen and oxygen atoms in total. The largest absolute Gasteiger partial charge is 0.378 e. The average Bonchev–Trinajstić information content (AvgIpc) is 3.04. The third kappa shape index (κ3) is 3.24. The average molecular weight is 446 g/mol. The number of rotatable bonds is 2. The SMILES string of the molecule is CC#C[C@]1(O)CC[C@H]2[C@@H]3CCC4=CC(=O)CC[C@]4(C)C3C(c3ccc(N(C)C)cc3)C[C@@]21C. The van der Waals surface area contributed by atoms with E-state index >= 15 is 0 Å². The lowest BCUT2D eigenvalue weighted by Crippen LogP contribution is -2.57. The van der Waals surface area contributed by atoms with Crippen LogP contribution < -0.4 is 4.90 Å². The summed E-state index contributed by atoms with van der Waals surface area (Å²) in [7, 11) is 4.16. The van der Waals surface area contributed by atoms with E-state index in [9.17, 15) is 9.90 Å². The maximum atomic E-state index is 12.3. The molecular weight excluding hydrogens is 406 g/mol. The van der Waals surface area contributed by atoms with Crippen molar-refractivity contribution in [3.63, 3.8) is 0 Å². The van der Waals surface area contributed by atoms with Crippen LogP contribution in [0.3, 0.4) is 0 Å². The van der Waals surface area contributed by atoms with Crippen LogP contribution in [0.5, 0.6) is 0 Å². The summed E-state index contributed by atoms with van der Waals surface area (Å²) in [6.45, 7) is 6.62. The first kappa shape index (κ1) is 22.7. The van der Waals surface area contributed by atoms with Gasteiger partial charge in [0, 0.05) is 31.6 Å². The van der Waals surface area contributed by atoms with Crippen molar-refractivity contribution in [1.82, 2.24) is 0 Å². The molecule has 1 N–H and O–H groups in total. The van der Waals surface area contributed by atoms with E-state index in [1.807, 2.05) is 13.0 Å². The Labute approximate surface area is 199 Å². The molecule has 7 atom stereocenters. The van der Waals surface area contributed by atoms with Gasteiger partial charge in [0.25, 0.3) is 0 Å². The van der Waals surface area contributed by atoms with Crippen LogP contribution in [0, 0.1) is 40.4 Å². The fourth-order valence-electron chi connectivity index (χ4n) is 8.50. The van der Waals surface area contributed by atoms with Crippen molar-refractivity contribution in [2.75, 3.05) is 19.0 Å². The van der Waals surface area contributed by atoms with Crippen molar-refractivity contribution >= 4 is 11.5 Å². The lowest BCUT2D eigenvalue weighted by molar-refractivity contribution is -0.122. The molecule has 4 aliphatic rings. The van der Waals surface area contributed by atoms with Gasteiger partial charge >= 0.3 is 0 Å². The third-order valence-corrected chi connectivity index (χ3v) is 10.2. The standard InChI is InChI=1S/C30H39NO2/c1-6-15-30(33)17-14-26-24-12-9-21-18-23(32)13-16-28(21,2)27(24)25(19-29(26,30)3)20-7-10-22(11-8-20)31(4)5/h7-8,10-11,18,24-27,33H,9,12-14,16-17,19H2,1-5H3/t24-,25?,26-,27?,28-,29-,30-/m0/s1. The predicted molar refractivity (Wildman–Crippen MR) is 134 cm³/mol. The third-order valence-electron chi connectivity index (χ3n) is 10.2. The van der Waals surface area contributed by atoms with E-state index in [1.54, 1.807) is 0 Å². The number of anilines is 1. The highest BCUT2D eigenvalue weighted by molar-refractivity contribution is 5.91. The van der Waals surface area contributed by atoms with Crippen molar-refractivity contribution in [1.29, 1.82) is 0 Å². The zero-order chi connectivity index (χ0) is 23.6. The lowest BCUT2D eigenvalue weighted by atomic mass is 9.43. The molecule has 0 spiro atoms. The summed E-state index contributed by atoms with van der Waals surface area (Å²) in [5.74, 6) is 8.55. The van der Waals surface area contributed by atoms with E-state index in [0.29, 0.717) is 35.9 Å². The molecule has 4 aliphatic carbocycles. The number of allylic oxidation sites excluding steroid dienone is 1. The van der Waals surface area contributed by atoms with Crippen LogP contribution in [-0.4, -0.2) is 30.6 Å². The number of nitrogens with zero attached hydrogens (tertiary/aromatic N) is 1. The highest BCUT2D eigenvalue weighted by Crippen LogP contribution is 2.70. The van der Waals surface area contributed by atoms with Crippen LogP contribution in [0.1, 0.15) is 77.2 Å². The van der Waals surface area contributed by atoms with E-state index in [1.165, 1.54) is 16.8 Å². The van der Waals surface area contributed by atoms with Crippen LogP contribution in [0.15, 0.2) is 35.9 Å². The summed E-state index contributed by atoms with van der Waals surface area (Å²) in [5, 5.41) is 11.8. The zero-order valence-corrected chi connectivity index (χ0v) is 20.9. The number of hydrogen-bond donors (Lipinski definition) is 1. The van der Waals surface area contributed by atoms with Crippen LogP contribution >= 0.6 is 0 Å². The Morgan fingerprint density at radius 3 is 2.45 bits per heavy atom. The number of aliphatic hydroxyl groups is 1. The van der Waals surface area contributed by atoms with Crippen molar-refractivity contribution < 1.29 is 9.90 Å². The second-order valence-electron chi connectivity index (χ2n) is 11.9. The molecule has 0 amide bonds. The smallest absolute Gasteiger partial charge is 0.155 e. The summed E-state index contributed by atoms with van der Waals surface area (Å²) in [5.41, 5.74) is 2.94. The van der Waals surface area contributed by atoms with E-state index in [-0.39, 0.29) is 10.8 Å². The molecule has 0 heterocycles. The van der Waals surface area contributed by atoms with Crippen LogP contribution in [0.2, 0.25) is 0 Å². The van der Waals surface area contributed by atoms with E-state index in [0.717, 1.165) is 38.5 Å². The minimum atomic E-state index is -0.904. The molecule has 1 aromatic rings. The Balaban J connectivity index is 1.64. The number of carbonyl (C=O) groups excluding carboxylic acids is 1. The molecule has 0 bridgehead atoms.